The van der Waals surface area contributed by atoms with Crippen molar-refractivity contribution in [3.8, 4) is 0 Å². The molecule has 0 spiro atoms. The largest absolute Gasteiger partial charge is 0.385 e. The van der Waals surface area contributed by atoms with Crippen LogP contribution in [0.25, 0.3) is 0 Å². The van der Waals surface area contributed by atoms with Gasteiger partial charge in [-0.2, -0.15) is 0 Å². The molecular weight excluding hydrogens is 212 g/mol. The minimum atomic E-state index is 0.363. The van der Waals surface area contributed by atoms with Crippen LogP contribution in [0.3, 0.4) is 0 Å². The van der Waals surface area contributed by atoms with Gasteiger partial charge in [0.15, 0.2) is 0 Å². The van der Waals surface area contributed by atoms with Crippen molar-refractivity contribution in [1.29, 1.82) is 0 Å². The predicted molar refractivity (Wildman–Crippen MR) is 71.0 cm³/mol. The summed E-state index contributed by atoms with van der Waals surface area (Å²) in [5.41, 5.74) is 2.49. The van der Waals surface area contributed by atoms with Crippen LogP contribution >= 0.6 is 0 Å². The molecule has 0 radical (unpaired) electrons. The van der Waals surface area contributed by atoms with E-state index < -0.39 is 0 Å². The van der Waals surface area contributed by atoms with E-state index in [9.17, 15) is 0 Å². The molecule has 0 aliphatic carbocycles. The van der Waals surface area contributed by atoms with Crippen LogP contribution in [0.4, 0.5) is 0 Å². The number of rotatable bonds is 7. The van der Waals surface area contributed by atoms with E-state index in [0.29, 0.717) is 12.0 Å². The van der Waals surface area contributed by atoms with Gasteiger partial charge in [-0.3, -0.25) is 4.98 Å². The Morgan fingerprint density at radius 1 is 1.41 bits per heavy atom. The van der Waals surface area contributed by atoms with Crippen LogP contribution in [0.15, 0.2) is 18.5 Å². The van der Waals surface area contributed by atoms with Gasteiger partial charge in [0.1, 0.15) is 0 Å². The maximum Gasteiger partial charge on any atom is 0.0465 e. The number of methoxy groups -OCH3 is 1. The molecule has 0 aliphatic rings. The third-order valence-electron chi connectivity index (χ3n) is 3.03. The number of pyridine rings is 1. The number of aryl methyl sites for hydroxylation is 1. The van der Waals surface area contributed by atoms with Gasteiger partial charge in [-0.25, -0.2) is 0 Å². The molecule has 1 aromatic rings. The number of hydrogen-bond acceptors (Lipinski definition) is 3. The van der Waals surface area contributed by atoms with Crippen LogP contribution in [-0.4, -0.2) is 25.2 Å². The van der Waals surface area contributed by atoms with E-state index in [1.165, 1.54) is 11.1 Å². The summed E-state index contributed by atoms with van der Waals surface area (Å²) in [6.07, 6.45) is 4.91. The smallest absolute Gasteiger partial charge is 0.0465 e. The zero-order valence-electron chi connectivity index (χ0n) is 11.4. The zero-order valence-corrected chi connectivity index (χ0v) is 11.4. The number of hydrogen-bond donors (Lipinski definition) is 1. The van der Waals surface area contributed by atoms with Gasteiger partial charge in [-0.1, -0.05) is 19.9 Å². The summed E-state index contributed by atoms with van der Waals surface area (Å²) in [5.74, 6) is 0.540. The number of nitrogens with one attached hydrogen (secondary N) is 1. The van der Waals surface area contributed by atoms with Crippen molar-refractivity contribution in [2.24, 2.45) is 5.92 Å². The van der Waals surface area contributed by atoms with E-state index in [1.807, 2.05) is 12.4 Å². The lowest BCUT2D eigenvalue weighted by Crippen LogP contribution is -2.27. The minimum Gasteiger partial charge on any atom is -0.385 e. The summed E-state index contributed by atoms with van der Waals surface area (Å²) in [5, 5.41) is 3.54. The molecule has 1 rings (SSSR count). The fraction of sp³-hybridized carbons (Fsp3) is 0.643. The molecule has 0 amide bonds. The maximum atomic E-state index is 5.16. The highest BCUT2D eigenvalue weighted by atomic mass is 16.5. The van der Waals surface area contributed by atoms with Crippen molar-refractivity contribution >= 4 is 0 Å². The molecule has 1 N–H and O–H groups in total. The first-order valence-corrected chi connectivity index (χ1v) is 6.32. The Balaban J connectivity index is 2.77. The van der Waals surface area contributed by atoms with Crippen LogP contribution < -0.4 is 5.32 Å². The molecule has 96 valence electrons. The third-order valence-corrected chi connectivity index (χ3v) is 3.03. The lowest BCUT2D eigenvalue weighted by Gasteiger charge is -2.25. The Hall–Kier alpha value is -0.930. The van der Waals surface area contributed by atoms with Gasteiger partial charge in [0.05, 0.1) is 0 Å². The molecular formula is C14H24N2O. The quantitative estimate of drug-likeness (QED) is 0.790. The van der Waals surface area contributed by atoms with Gasteiger partial charge in [0, 0.05) is 32.2 Å². The Bertz CT molecular complexity index is 328. The maximum absolute atomic E-state index is 5.16. The summed E-state index contributed by atoms with van der Waals surface area (Å²) >= 11 is 0. The number of nitrogens with zero attached hydrogens (tertiary/aromatic N) is 1. The second kappa shape index (κ2) is 7.41. The van der Waals surface area contributed by atoms with Crippen molar-refractivity contribution in [2.45, 2.75) is 33.2 Å². The van der Waals surface area contributed by atoms with Crippen molar-refractivity contribution in [1.82, 2.24) is 10.3 Å². The second-order valence-electron chi connectivity index (χ2n) is 4.59. The van der Waals surface area contributed by atoms with Crippen molar-refractivity contribution in [3.05, 3.63) is 29.6 Å². The van der Waals surface area contributed by atoms with Gasteiger partial charge < -0.3 is 10.1 Å². The SMILES string of the molecule is CCNC(c1cncc(C)c1)C(C)CCOC. The first kappa shape index (κ1) is 14.1. The van der Waals surface area contributed by atoms with Crippen LogP contribution in [0, 0.1) is 12.8 Å². The third kappa shape index (κ3) is 4.44. The van der Waals surface area contributed by atoms with E-state index in [4.69, 9.17) is 4.74 Å². The molecule has 0 saturated heterocycles. The van der Waals surface area contributed by atoms with Crippen LogP contribution in [0.1, 0.15) is 37.4 Å². The van der Waals surface area contributed by atoms with E-state index in [2.05, 4.69) is 37.1 Å². The van der Waals surface area contributed by atoms with Crippen molar-refractivity contribution < 1.29 is 4.74 Å². The van der Waals surface area contributed by atoms with E-state index in [0.717, 1.165) is 19.6 Å². The average Bonchev–Trinajstić information content (AvgIpc) is 2.33. The highest BCUT2D eigenvalue weighted by molar-refractivity contribution is 5.20. The Kier molecular flexibility index (Phi) is 6.16. The van der Waals surface area contributed by atoms with Gasteiger partial charge in [0.2, 0.25) is 0 Å². The molecule has 0 aromatic carbocycles. The Morgan fingerprint density at radius 3 is 2.76 bits per heavy atom. The van der Waals surface area contributed by atoms with E-state index in [-0.39, 0.29) is 0 Å². The van der Waals surface area contributed by atoms with E-state index >= 15 is 0 Å². The van der Waals surface area contributed by atoms with Crippen LogP contribution in [0.5, 0.6) is 0 Å². The summed E-state index contributed by atoms with van der Waals surface area (Å²) < 4.78 is 5.16. The molecule has 2 atom stereocenters. The summed E-state index contributed by atoms with van der Waals surface area (Å²) in [6, 6.07) is 2.58. The van der Waals surface area contributed by atoms with Crippen molar-refractivity contribution in [2.75, 3.05) is 20.3 Å². The average molecular weight is 236 g/mol. The molecule has 2 unspecified atom stereocenters. The molecule has 17 heavy (non-hydrogen) atoms. The summed E-state index contributed by atoms with van der Waals surface area (Å²) in [7, 11) is 1.75. The molecule has 0 saturated carbocycles. The minimum absolute atomic E-state index is 0.363. The van der Waals surface area contributed by atoms with Crippen molar-refractivity contribution in [3.63, 3.8) is 0 Å². The Labute approximate surface area is 105 Å². The fourth-order valence-corrected chi connectivity index (χ4v) is 2.09. The molecule has 0 aliphatic heterocycles. The van der Waals surface area contributed by atoms with Gasteiger partial charge in [-0.05, 0) is 36.9 Å². The van der Waals surface area contributed by atoms with Crippen LogP contribution in [0.2, 0.25) is 0 Å². The first-order valence-electron chi connectivity index (χ1n) is 6.32. The second-order valence-corrected chi connectivity index (χ2v) is 4.59. The molecule has 1 heterocycles. The molecule has 3 heteroatoms. The molecule has 0 bridgehead atoms. The predicted octanol–water partition coefficient (Wildman–Crippen LogP) is 2.71. The van der Waals surface area contributed by atoms with Gasteiger partial charge in [-0.15, -0.1) is 0 Å². The van der Waals surface area contributed by atoms with Crippen LogP contribution in [-0.2, 0) is 4.74 Å². The number of ether oxygens (including phenoxy) is 1. The molecule has 3 nitrogen and oxygen atoms in total. The highest BCUT2D eigenvalue weighted by Gasteiger charge is 2.18. The zero-order chi connectivity index (χ0) is 12.7. The summed E-state index contributed by atoms with van der Waals surface area (Å²) in [6.45, 7) is 8.26. The van der Waals surface area contributed by atoms with Gasteiger partial charge >= 0.3 is 0 Å². The highest BCUT2D eigenvalue weighted by Crippen LogP contribution is 2.24. The first-order chi connectivity index (χ1) is 8.19. The topological polar surface area (TPSA) is 34.2 Å². The molecule has 1 aromatic heterocycles. The lowest BCUT2D eigenvalue weighted by atomic mass is 9.92. The summed E-state index contributed by atoms with van der Waals surface area (Å²) in [4.78, 5) is 4.28. The van der Waals surface area contributed by atoms with E-state index in [1.54, 1.807) is 7.11 Å². The number of aromatic nitrogens is 1. The van der Waals surface area contributed by atoms with Gasteiger partial charge in [0.25, 0.3) is 0 Å². The lowest BCUT2D eigenvalue weighted by molar-refractivity contribution is 0.170. The Morgan fingerprint density at radius 2 is 2.18 bits per heavy atom. The monoisotopic (exact) mass is 236 g/mol. The normalized spacial score (nSPS) is 14.6. The molecule has 0 fully saturated rings. The fourth-order valence-electron chi connectivity index (χ4n) is 2.09. The standard InChI is InChI=1S/C14H24N2O/c1-5-16-14(12(3)6-7-17-4)13-8-11(2)9-15-10-13/h8-10,12,14,16H,5-7H2,1-4H3.